The minimum atomic E-state index is -4.01. The number of carboxylic acid groups (broad SMARTS) is 1. The number of ether oxygens (including phenoxy) is 1. The highest BCUT2D eigenvalue weighted by molar-refractivity contribution is 7.89. The summed E-state index contributed by atoms with van der Waals surface area (Å²) in [4.78, 5) is 12.1. The summed E-state index contributed by atoms with van der Waals surface area (Å²) >= 11 is 0. The van der Waals surface area contributed by atoms with Crippen LogP contribution in [0.2, 0.25) is 0 Å². The number of benzene rings is 3. The summed E-state index contributed by atoms with van der Waals surface area (Å²) in [7, 11) is -2.41. The fourth-order valence-electron chi connectivity index (χ4n) is 4.62. The maximum Gasteiger partial charge on any atom is 0.322 e. The zero-order chi connectivity index (χ0) is 24.8. The number of anilines is 1. The Bertz CT molecular complexity index is 1230. The Labute approximate surface area is 206 Å². The van der Waals surface area contributed by atoms with Gasteiger partial charge in [-0.1, -0.05) is 48.9 Å². The quantitative estimate of drug-likeness (QED) is 0.396. The molecule has 0 radical (unpaired) electrons. The summed E-state index contributed by atoms with van der Waals surface area (Å²) in [5.41, 5.74) is 2.75. The van der Waals surface area contributed by atoms with Crippen LogP contribution in [-0.2, 0) is 14.8 Å². The highest BCUT2D eigenvalue weighted by atomic mass is 32.2. The average molecular weight is 495 g/mol. The molecule has 0 spiro atoms. The molecule has 1 saturated carbocycles. The second kappa shape index (κ2) is 10.9. The molecule has 3 aromatic rings. The molecule has 0 amide bonds. The maximum absolute atomic E-state index is 13.1. The fourth-order valence-corrected chi connectivity index (χ4v) is 5.88. The number of carboxylic acids is 1. The van der Waals surface area contributed by atoms with E-state index in [0.717, 1.165) is 35.4 Å². The third-order valence-electron chi connectivity index (χ3n) is 6.47. The molecule has 1 aliphatic carbocycles. The van der Waals surface area contributed by atoms with Crippen molar-refractivity contribution < 1.29 is 23.1 Å². The summed E-state index contributed by atoms with van der Waals surface area (Å²) in [6, 6.07) is 22.5. The molecule has 1 aliphatic rings. The first-order valence-electron chi connectivity index (χ1n) is 11.7. The Morgan fingerprint density at radius 3 is 2.17 bits per heavy atom. The standard InChI is InChI=1S/C27H30N2O5S/c1-34-24-14-10-19(11-15-24)20-12-16-25(17-13-20)35(32,33)29-26(27(30)31)21-6-5-9-23(18-21)28-22-7-3-2-4-8-22/h2-4,7-8,10-17,21,23,26,28-29H,5-6,9,18H2,1H3,(H,30,31). The fraction of sp³-hybridized carbons (Fsp3) is 0.296. The van der Waals surface area contributed by atoms with Crippen LogP contribution in [0.25, 0.3) is 11.1 Å². The van der Waals surface area contributed by atoms with Gasteiger partial charge in [-0.2, -0.15) is 4.72 Å². The van der Waals surface area contributed by atoms with Gasteiger partial charge < -0.3 is 15.2 Å². The number of aliphatic carboxylic acids is 1. The lowest BCUT2D eigenvalue weighted by Gasteiger charge is -2.33. The number of methoxy groups -OCH3 is 1. The molecule has 0 bridgehead atoms. The van der Waals surface area contributed by atoms with E-state index in [-0.39, 0.29) is 16.9 Å². The number of hydrogen-bond acceptors (Lipinski definition) is 5. The number of nitrogens with one attached hydrogen (secondary N) is 2. The van der Waals surface area contributed by atoms with E-state index in [1.54, 1.807) is 19.2 Å². The van der Waals surface area contributed by atoms with Crippen LogP contribution in [-0.4, -0.2) is 38.7 Å². The van der Waals surface area contributed by atoms with Crippen molar-refractivity contribution in [2.75, 3.05) is 12.4 Å². The van der Waals surface area contributed by atoms with Crippen molar-refractivity contribution in [3.63, 3.8) is 0 Å². The lowest BCUT2D eigenvalue weighted by Crippen LogP contribution is -2.48. The zero-order valence-corrected chi connectivity index (χ0v) is 20.4. The van der Waals surface area contributed by atoms with E-state index in [1.807, 2.05) is 54.6 Å². The predicted octanol–water partition coefficient (Wildman–Crippen LogP) is 4.76. The number of rotatable bonds is 9. The highest BCUT2D eigenvalue weighted by Crippen LogP contribution is 2.30. The van der Waals surface area contributed by atoms with Crippen LogP contribution in [0.3, 0.4) is 0 Å². The van der Waals surface area contributed by atoms with E-state index in [1.165, 1.54) is 12.1 Å². The third kappa shape index (κ3) is 6.21. The Hall–Kier alpha value is -3.36. The Kier molecular flexibility index (Phi) is 7.73. The van der Waals surface area contributed by atoms with Crippen LogP contribution < -0.4 is 14.8 Å². The molecule has 0 saturated heterocycles. The van der Waals surface area contributed by atoms with E-state index < -0.39 is 22.0 Å². The molecular weight excluding hydrogens is 464 g/mol. The van der Waals surface area contributed by atoms with Gasteiger partial charge in [0.15, 0.2) is 0 Å². The van der Waals surface area contributed by atoms with Crippen molar-refractivity contribution in [1.29, 1.82) is 0 Å². The summed E-state index contributed by atoms with van der Waals surface area (Å²) in [5, 5.41) is 13.3. The topological polar surface area (TPSA) is 105 Å². The molecule has 0 aromatic heterocycles. The van der Waals surface area contributed by atoms with Crippen molar-refractivity contribution in [2.24, 2.45) is 5.92 Å². The van der Waals surface area contributed by atoms with E-state index in [4.69, 9.17) is 4.74 Å². The maximum atomic E-state index is 13.1. The molecule has 8 heteroatoms. The van der Waals surface area contributed by atoms with E-state index in [0.29, 0.717) is 12.8 Å². The first-order valence-corrected chi connectivity index (χ1v) is 13.2. The normalized spacial score (nSPS) is 19.0. The molecule has 0 aliphatic heterocycles. The second-order valence-corrected chi connectivity index (χ2v) is 10.5. The predicted molar refractivity (Wildman–Crippen MR) is 136 cm³/mol. The van der Waals surface area contributed by atoms with Gasteiger partial charge in [0, 0.05) is 11.7 Å². The Balaban J connectivity index is 1.46. The lowest BCUT2D eigenvalue weighted by atomic mass is 9.81. The molecule has 4 rings (SSSR count). The van der Waals surface area contributed by atoms with Gasteiger partial charge in [-0.25, -0.2) is 8.42 Å². The minimum absolute atomic E-state index is 0.0378. The zero-order valence-electron chi connectivity index (χ0n) is 19.6. The van der Waals surface area contributed by atoms with Crippen LogP contribution in [0.5, 0.6) is 5.75 Å². The van der Waals surface area contributed by atoms with Crippen LogP contribution in [0, 0.1) is 5.92 Å². The van der Waals surface area contributed by atoms with Gasteiger partial charge >= 0.3 is 5.97 Å². The van der Waals surface area contributed by atoms with Crippen LogP contribution in [0.4, 0.5) is 5.69 Å². The van der Waals surface area contributed by atoms with Crippen molar-refractivity contribution in [1.82, 2.24) is 4.72 Å². The van der Waals surface area contributed by atoms with Gasteiger partial charge in [0.2, 0.25) is 10.0 Å². The Morgan fingerprint density at radius 1 is 0.943 bits per heavy atom. The SMILES string of the molecule is COc1ccc(-c2ccc(S(=O)(=O)NC(C(=O)O)C3CCCC(Nc4ccccc4)C3)cc2)cc1. The lowest BCUT2D eigenvalue weighted by molar-refractivity contribution is -0.140. The van der Waals surface area contributed by atoms with Gasteiger partial charge in [-0.05, 0) is 72.7 Å². The molecule has 7 nitrogen and oxygen atoms in total. The summed E-state index contributed by atoms with van der Waals surface area (Å²) in [6.07, 6.45) is 2.97. The molecule has 3 unspecified atom stereocenters. The van der Waals surface area contributed by atoms with Crippen molar-refractivity contribution in [3.8, 4) is 16.9 Å². The van der Waals surface area contributed by atoms with E-state index in [2.05, 4.69) is 10.0 Å². The van der Waals surface area contributed by atoms with Crippen LogP contribution in [0.1, 0.15) is 25.7 Å². The third-order valence-corrected chi connectivity index (χ3v) is 7.92. The smallest absolute Gasteiger partial charge is 0.322 e. The summed E-state index contributed by atoms with van der Waals surface area (Å²) < 4.78 is 33.8. The summed E-state index contributed by atoms with van der Waals surface area (Å²) in [5.74, 6) is -0.731. The van der Waals surface area contributed by atoms with Gasteiger partial charge in [-0.3, -0.25) is 4.79 Å². The molecule has 35 heavy (non-hydrogen) atoms. The molecular formula is C27H30N2O5S. The van der Waals surface area contributed by atoms with E-state index in [9.17, 15) is 18.3 Å². The second-order valence-electron chi connectivity index (χ2n) is 8.82. The van der Waals surface area contributed by atoms with Gasteiger partial charge in [0.1, 0.15) is 11.8 Å². The molecule has 3 N–H and O–H groups in total. The van der Waals surface area contributed by atoms with E-state index >= 15 is 0 Å². The van der Waals surface area contributed by atoms with Crippen molar-refractivity contribution >= 4 is 21.7 Å². The van der Waals surface area contributed by atoms with Gasteiger partial charge in [-0.15, -0.1) is 0 Å². The van der Waals surface area contributed by atoms with Crippen LogP contribution >= 0.6 is 0 Å². The molecule has 3 aromatic carbocycles. The molecule has 0 heterocycles. The van der Waals surface area contributed by atoms with Crippen LogP contribution in [0.15, 0.2) is 83.8 Å². The van der Waals surface area contributed by atoms with Crippen molar-refractivity contribution in [3.05, 3.63) is 78.9 Å². The molecule has 3 atom stereocenters. The number of carbonyl (C=O) groups is 1. The number of hydrogen-bond donors (Lipinski definition) is 3. The van der Waals surface area contributed by atoms with Gasteiger partial charge in [0.25, 0.3) is 0 Å². The van der Waals surface area contributed by atoms with Crippen molar-refractivity contribution in [2.45, 2.75) is 42.7 Å². The first-order chi connectivity index (χ1) is 16.9. The average Bonchev–Trinajstić information content (AvgIpc) is 2.88. The minimum Gasteiger partial charge on any atom is -0.497 e. The monoisotopic (exact) mass is 494 g/mol. The highest BCUT2D eigenvalue weighted by Gasteiger charge is 2.36. The summed E-state index contributed by atoms with van der Waals surface area (Å²) in [6.45, 7) is 0. The number of sulfonamides is 1. The van der Waals surface area contributed by atoms with Gasteiger partial charge in [0.05, 0.1) is 12.0 Å². The first kappa shape index (κ1) is 24.8. The Morgan fingerprint density at radius 2 is 1.57 bits per heavy atom. The number of para-hydroxylation sites is 1. The largest absolute Gasteiger partial charge is 0.497 e. The molecule has 184 valence electrons. The molecule has 1 fully saturated rings.